The number of furan rings is 1. The van der Waals surface area contributed by atoms with E-state index < -0.39 is 0 Å². The van der Waals surface area contributed by atoms with Crippen LogP contribution >= 0.6 is 11.8 Å². The Balaban J connectivity index is 1.53. The Morgan fingerprint density at radius 1 is 1.09 bits per heavy atom. The Labute approximate surface area is 133 Å². The van der Waals surface area contributed by atoms with Gasteiger partial charge in [0.05, 0.1) is 18.4 Å². The van der Waals surface area contributed by atoms with Crippen LogP contribution in [0, 0.1) is 0 Å². The van der Waals surface area contributed by atoms with Crippen molar-refractivity contribution >= 4 is 23.6 Å². The van der Waals surface area contributed by atoms with Gasteiger partial charge in [0.1, 0.15) is 6.26 Å². The average Bonchev–Trinajstić information content (AvgIpc) is 3.08. The Morgan fingerprint density at radius 3 is 2.64 bits per heavy atom. The van der Waals surface area contributed by atoms with Gasteiger partial charge < -0.3 is 15.1 Å². The van der Waals surface area contributed by atoms with Crippen molar-refractivity contribution in [2.75, 3.05) is 18.8 Å². The number of thioether (sulfide) groups is 1. The molecule has 0 fully saturated rings. The molecule has 2 aromatic rings. The molecule has 0 spiro atoms. The second kappa shape index (κ2) is 8.94. The first kappa shape index (κ1) is 16.2. The number of carbonyl (C=O) groups excluding carboxylic acids is 2. The summed E-state index contributed by atoms with van der Waals surface area (Å²) in [6.45, 7) is 0.566. The second-order valence-corrected chi connectivity index (χ2v) is 5.73. The van der Waals surface area contributed by atoms with Crippen molar-refractivity contribution in [1.82, 2.24) is 10.6 Å². The molecule has 0 unspecified atom stereocenters. The van der Waals surface area contributed by atoms with Crippen LogP contribution in [0.15, 0.2) is 58.2 Å². The van der Waals surface area contributed by atoms with Gasteiger partial charge in [-0.05, 0) is 30.4 Å². The maximum Gasteiger partial charge on any atom is 0.254 e. The maximum atomic E-state index is 11.6. The Bertz CT molecular complexity index is 585. The van der Waals surface area contributed by atoms with E-state index in [1.807, 2.05) is 18.2 Å². The summed E-state index contributed by atoms with van der Waals surface area (Å²) in [5.74, 6) is 0.427. The molecule has 0 saturated heterocycles. The number of nitrogens with one attached hydrogen (secondary N) is 2. The van der Waals surface area contributed by atoms with E-state index in [-0.39, 0.29) is 18.4 Å². The van der Waals surface area contributed by atoms with Gasteiger partial charge in [-0.15, -0.1) is 11.8 Å². The van der Waals surface area contributed by atoms with Gasteiger partial charge in [0.15, 0.2) is 0 Å². The molecule has 6 heteroatoms. The van der Waals surface area contributed by atoms with Crippen molar-refractivity contribution in [3.8, 4) is 0 Å². The molecule has 0 bridgehead atoms. The van der Waals surface area contributed by atoms with E-state index in [0.717, 1.165) is 12.2 Å². The van der Waals surface area contributed by atoms with E-state index in [9.17, 15) is 9.59 Å². The van der Waals surface area contributed by atoms with E-state index in [2.05, 4.69) is 22.8 Å². The lowest BCUT2D eigenvalue weighted by Gasteiger charge is -2.06. The van der Waals surface area contributed by atoms with Crippen LogP contribution in [0.1, 0.15) is 16.8 Å². The highest BCUT2D eigenvalue weighted by atomic mass is 32.2. The van der Waals surface area contributed by atoms with Crippen LogP contribution in [0.3, 0.4) is 0 Å². The molecule has 0 aliphatic carbocycles. The summed E-state index contributed by atoms with van der Waals surface area (Å²) < 4.78 is 4.81. The predicted octanol–water partition coefficient (Wildman–Crippen LogP) is 2.31. The minimum atomic E-state index is -0.316. The quantitative estimate of drug-likeness (QED) is 0.579. The van der Waals surface area contributed by atoms with Gasteiger partial charge in [-0.2, -0.15) is 0 Å². The average molecular weight is 318 g/mol. The molecule has 0 aliphatic rings. The molecule has 22 heavy (non-hydrogen) atoms. The summed E-state index contributed by atoms with van der Waals surface area (Å²) >= 11 is 1.76. The largest absolute Gasteiger partial charge is 0.472 e. The zero-order chi connectivity index (χ0) is 15.6. The number of carbonyl (C=O) groups is 2. The fourth-order valence-electron chi connectivity index (χ4n) is 1.73. The van der Waals surface area contributed by atoms with Gasteiger partial charge in [-0.1, -0.05) is 18.2 Å². The first-order chi connectivity index (χ1) is 10.8. The second-order valence-electron chi connectivity index (χ2n) is 4.56. The smallest absolute Gasteiger partial charge is 0.254 e. The topological polar surface area (TPSA) is 71.3 Å². The Kier molecular flexibility index (Phi) is 6.57. The van der Waals surface area contributed by atoms with Crippen LogP contribution in [-0.2, 0) is 4.79 Å². The lowest BCUT2D eigenvalue weighted by Crippen LogP contribution is -2.37. The summed E-state index contributed by atoms with van der Waals surface area (Å²) in [7, 11) is 0. The third kappa shape index (κ3) is 5.65. The number of benzene rings is 1. The number of hydrogen-bond acceptors (Lipinski definition) is 4. The van der Waals surface area contributed by atoms with Crippen molar-refractivity contribution in [3.05, 3.63) is 54.5 Å². The van der Waals surface area contributed by atoms with Crippen molar-refractivity contribution < 1.29 is 14.0 Å². The van der Waals surface area contributed by atoms with Crippen LogP contribution in [0.2, 0.25) is 0 Å². The summed E-state index contributed by atoms with van der Waals surface area (Å²) in [4.78, 5) is 24.4. The number of rotatable bonds is 8. The molecular weight excluding hydrogens is 300 g/mol. The van der Waals surface area contributed by atoms with Gasteiger partial charge >= 0.3 is 0 Å². The molecule has 5 nitrogen and oxygen atoms in total. The molecule has 2 amide bonds. The van der Waals surface area contributed by atoms with Crippen molar-refractivity contribution in [1.29, 1.82) is 0 Å². The molecule has 0 aliphatic heterocycles. The van der Waals surface area contributed by atoms with Gasteiger partial charge in [0.2, 0.25) is 5.91 Å². The van der Waals surface area contributed by atoms with Gasteiger partial charge in [0.25, 0.3) is 5.91 Å². The highest BCUT2D eigenvalue weighted by Gasteiger charge is 2.08. The van der Waals surface area contributed by atoms with E-state index >= 15 is 0 Å². The highest BCUT2D eigenvalue weighted by molar-refractivity contribution is 7.99. The molecule has 0 radical (unpaired) electrons. The molecule has 1 heterocycles. The summed E-state index contributed by atoms with van der Waals surface area (Å²) in [6, 6.07) is 11.7. The van der Waals surface area contributed by atoms with Crippen molar-refractivity contribution in [2.24, 2.45) is 0 Å². The lowest BCUT2D eigenvalue weighted by atomic mass is 10.3. The minimum Gasteiger partial charge on any atom is -0.472 e. The zero-order valence-electron chi connectivity index (χ0n) is 12.1. The van der Waals surface area contributed by atoms with Crippen LogP contribution in [0.4, 0.5) is 0 Å². The molecule has 1 aromatic heterocycles. The van der Waals surface area contributed by atoms with Gasteiger partial charge in [0, 0.05) is 11.4 Å². The summed E-state index contributed by atoms with van der Waals surface area (Å²) in [5.41, 5.74) is 0.409. The molecular formula is C16H18N2O3S. The van der Waals surface area contributed by atoms with E-state index in [0.29, 0.717) is 12.1 Å². The number of amides is 2. The first-order valence-corrected chi connectivity index (χ1v) is 7.99. The van der Waals surface area contributed by atoms with Crippen LogP contribution in [0.25, 0.3) is 0 Å². The summed E-state index contributed by atoms with van der Waals surface area (Å²) in [6.07, 6.45) is 3.63. The third-order valence-corrected chi connectivity index (χ3v) is 3.95. The molecule has 1 aromatic carbocycles. The van der Waals surface area contributed by atoms with E-state index in [4.69, 9.17) is 4.42 Å². The normalized spacial score (nSPS) is 10.2. The van der Waals surface area contributed by atoms with Crippen LogP contribution in [0.5, 0.6) is 0 Å². The fraction of sp³-hybridized carbons (Fsp3) is 0.250. The molecule has 0 atom stereocenters. The van der Waals surface area contributed by atoms with Gasteiger partial charge in [-0.3, -0.25) is 9.59 Å². The molecule has 116 valence electrons. The molecule has 0 saturated carbocycles. The Morgan fingerprint density at radius 2 is 1.91 bits per heavy atom. The van der Waals surface area contributed by atoms with Crippen molar-refractivity contribution in [3.63, 3.8) is 0 Å². The van der Waals surface area contributed by atoms with Crippen LogP contribution < -0.4 is 10.6 Å². The SMILES string of the molecule is O=C(CNC(=O)c1ccoc1)NCCCSc1ccccc1. The van der Waals surface area contributed by atoms with Gasteiger partial charge in [-0.25, -0.2) is 0 Å². The standard InChI is InChI=1S/C16H18N2O3S/c19-15(11-18-16(20)13-7-9-21-12-13)17-8-4-10-22-14-5-2-1-3-6-14/h1-3,5-7,9,12H,4,8,10-11H2,(H,17,19)(H,18,20). The lowest BCUT2D eigenvalue weighted by molar-refractivity contribution is -0.120. The highest BCUT2D eigenvalue weighted by Crippen LogP contribution is 2.17. The maximum absolute atomic E-state index is 11.6. The van der Waals surface area contributed by atoms with Crippen LogP contribution in [-0.4, -0.2) is 30.7 Å². The first-order valence-electron chi connectivity index (χ1n) is 7.00. The van der Waals surface area contributed by atoms with E-state index in [1.54, 1.807) is 17.8 Å². The number of hydrogen-bond donors (Lipinski definition) is 2. The predicted molar refractivity (Wildman–Crippen MR) is 85.8 cm³/mol. The van der Waals surface area contributed by atoms with Crippen molar-refractivity contribution in [2.45, 2.75) is 11.3 Å². The summed E-state index contributed by atoms with van der Waals surface area (Å²) in [5, 5.41) is 5.31. The van der Waals surface area contributed by atoms with E-state index in [1.165, 1.54) is 17.4 Å². The third-order valence-electron chi connectivity index (χ3n) is 2.85. The monoisotopic (exact) mass is 318 g/mol. The molecule has 2 rings (SSSR count). The Hall–Kier alpha value is -2.21. The minimum absolute atomic E-state index is 0.0319. The molecule has 2 N–H and O–H groups in total. The zero-order valence-corrected chi connectivity index (χ0v) is 12.9. The fourth-order valence-corrected chi connectivity index (χ4v) is 2.60.